The van der Waals surface area contributed by atoms with Crippen molar-refractivity contribution in [2.24, 2.45) is 5.41 Å². The highest BCUT2D eigenvalue weighted by Gasteiger charge is 2.43. The van der Waals surface area contributed by atoms with Crippen molar-refractivity contribution in [2.75, 3.05) is 39.3 Å². The minimum atomic E-state index is -0.175. The molecular weight excluding hydrogens is 328 g/mol. The van der Waals surface area contributed by atoms with Crippen molar-refractivity contribution in [2.45, 2.75) is 44.3 Å². The van der Waals surface area contributed by atoms with Crippen molar-refractivity contribution < 1.29 is 14.6 Å². The van der Waals surface area contributed by atoms with Crippen LogP contribution < -0.4 is 0 Å². The van der Waals surface area contributed by atoms with Gasteiger partial charge in [-0.05, 0) is 56.2 Å². The molecule has 0 aromatic heterocycles. The average Bonchev–Trinajstić information content (AvgIpc) is 3.04. The number of hydrogen-bond donors (Lipinski definition) is 1. The van der Waals surface area contributed by atoms with Gasteiger partial charge in [0.05, 0.1) is 18.8 Å². The Morgan fingerprint density at radius 1 is 1.19 bits per heavy atom. The first-order chi connectivity index (χ1) is 12.6. The number of rotatable bonds is 3. The lowest BCUT2D eigenvalue weighted by molar-refractivity contribution is 0.0227. The van der Waals surface area contributed by atoms with Gasteiger partial charge in [-0.25, -0.2) is 0 Å². The first-order valence-electron chi connectivity index (χ1n) is 10.00. The highest BCUT2D eigenvalue weighted by Crippen LogP contribution is 2.42. The molecular formula is C21H30N2O3. The van der Waals surface area contributed by atoms with Crippen LogP contribution in [0.5, 0.6) is 0 Å². The summed E-state index contributed by atoms with van der Waals surface area (Å²) in [5.74, 6) is 0.151. The number of amides is 1. The standard InChI is InChI=1S/C21H30N2O3/c24-18-7-4-10-22(14-18)15-19-13-21(16-26-19)8-11-23(12-9-21)20(25)17-5-2-1-3-6-17/h1-3,5-6,18-19,24H,4,7-16H2/t18-,19+/m1/s1. The quantitative estimate of drug-likeness (QED) is 0.900. The number of aliphatic hydroxyl groups is 1. The third-order valence-corrected chi connectivity index (χ3v) is 6.36. The van der Waals surface area contributed by atoms with Gasteiger partial charge in [0, 0.05) is 31.7 Å². The maximum Gasteiger partial charge on any atom is 0.253 e. The van der Waals surface area contributed by atoms with E-state index >= 15 is 0 Å². The second-order valence-corrected chi connectivity index (χ2v) is 8.35. The summed E-state index contributed by atoms with van der Waals surface area (Å²) in [6, 6.07) is 9.58. The van der Waals surface area contributed by atoms with Crippen molar-refractivity contribution in [1.29, 1.82) is 0 Å². The van der Waals surface area contributed by atoms with Gasteiger partial charge in [-0.3, -0.25) is 9.69 Å². The second kappa shape index (κ2) is 7.67. The van der Waals surface area contributed by atoms with Gasteiger partial charge in [0.25, 0.3) is 5.91 Å². The first-order valence-corrected chi connectivity index (χ1v) is 10.00. The Bertz CT molecular complexity index is 613. The summed E-state index contributed by atoms with van der Waals surface area (Å²) in [4.78, 5) is 17.0. The summed E-state index contributed by atoms with van der Waals surface area (Å²) in [5, 5.41) is 9.85. The predicted molar refractivity (Wildman–Crippen MR) is 100 cm³/mol. The highest BCUT2D eigenvalue weighted by atomic mass is 16.5. The molecule has 0 saturated carbocycles. The number of nitrogens with zero attached hydrogens (tertiary/aromatic N) is 2. The zero-order valence-electron chi connectivity index (χ0n) is 15.5. The van der Waals surface area contributed by atoms with E-state index in [1.165, 1.54) is 0 Å². The molecule has 1 spiro atoms. The van der Waals surface area contributed by atoms with Crippen LogP contribution in [0.1, 0.15) is 42.5 Å². The Balaban J connectivity index is 1.28. The summed E-state index contributed by atoms with van der Waals surface area (Å²) < 4.78 is 6.14. The van der Waals surface area contributed by atoms with Gasteiger partial charge >= 0.3 is 0 Å². The summed E-state index contributed by atoms with van der Waals surface area (Å²) in [6.07, 6.45) is 5.26. The largest absolute Gasteiger partial charge is 0.392 e. The molecule has 0 radical (unpaired) electrons. The first kappa shape index (κ1) is 18.0. The van der Waals surface area contributed by atoms with Crippen LogP contribution >= 0.6 is 0 Å². The SMILES string of the molecule is O=C(c1ccccc1)N1CCC2(CC1)CO[C@H](CN1CCC[C@@H](O)C1)C2. The van der Waals surface area contributed by atoms with Crippen molar-refractivity contribution in [3.05, 3.63) is 35.9 Å². The molecule has 3 aliphatic heterocycles. The number of likely N-dealkylation sites (tertiary alicyclic amines) is 2. The minimum Gasteiger partial charge on any atom is -0.392 e. The molecule has 3 fully saturated rings. The topological polar surface area (TPSA) is 53.0 Å². The number of carbonyl (C=O) groups is 1. The average molecular weight is 358 g/mol. The lowest BCUT2D eigenvalue weighted by Gasteiger charge is -2.38. The molecule has 5 nitrogen and oxygen atoms in total. The molecule has 5 heteroatoms. The molecule has 0 aliphatic carbocycles. The fourth-order valence-electron chi connectivity index (χ4n) is 4.79. The molecule has 1 N–H and O–H groups in total. The number of ether oxygens (including phenoxy) is 1. The molecule has 3 saturated heterocycles. The van der Waals surface area contributed by atoms with Crippen LogP contribution in [0.2, 0.25) is 0 Å². The van der Waals surface area contributed by atoms with Gasteiger partial charge in [0.2, 0.25) is 0 Å². The molecule has 1 aromatic rings. The Morgan fingerprint density at radius 3 is 2.69 bits per heavy atom. The van der Waals surface area contributed by atoms with Gasteiger partial charge in [0.15, 0.2) is 0 Å². The summed E-state index contributed by atoms with van der Waals surface area (Å²) >= 11 is 0. The van der Waals surface area contributed by atoms with Crippen LogP contribution in [0.3, 0.4) is 0 Å². The van der Waals surface area contributed by atoms with E-state index in [1.54, 1.807) is 0 Å². The van der Waals surface area contributed by atoms with E-state index in [9.17, 15) is 9.90 Å². The van der Waals surface area contributed by atoms with Crippen LogP contribution in [-0.2, 0) is 4.74 Å². The lowest BCUT2D eigenvalue weighted by Crippen LogP contribution is -2.44. The Labute approximate surface area is 155 Å². The molecule has 142 valence electrons. The number of hydrogen-bond acceptors (Lipinski definition) is 4. The van der Waals surface area contributed by atoms with E-state index in [0.29, 0.717) is 0 Å². The fourth-order valence-corrected chi connectivity index (χ4v) is 4.79. The number of carbonyl (C=O) groups excluding carboxylic acids is 1. The van der Waals surface area contributed by atoms with E-state index < -0.39 is 0 Å². The van der Waals surface area contributed by atoms with E-state index in [1.807, 2.05) is 35.2 Å². The van der Waals surface area contributed by atoms with Crippen LogP contribution in [0.4, 0.5) is 0 Å². The number of benzene rings is 1. The maximum atomic E-state index is 12.6. The van der Waals surface area contributed by atoms with Gasteiger partial charge < -0.3 is 14.7 Å². The molecule has 26 heavy (non-hydrogen) atoms. The van der Waals surface area contributed by atoms with Crippen LogP contribution in [0.25, 0.3) is 0 Å². The van der Waals surface area contributed by atoms with Crippen LogP contribution in [0.15, 0.2) is 30.3 Å². The number of β-amino-alcohol motifs (C(OH)–C–C–N with tert-alkyl or cyclic N) is 1. The molecule has 3 heterocycles. The van der Waals surface area contributed by atoms with E-state index in [0.717, 1.165) is 77.0 Å². The van der Waals surface area contributed by atoms with Crippen molar-refractivity contribution in [1.82, 2.24) is 9.80 Å². The molecule has 2 atom stereocenters. The van der Waals surface area contributed by atoms with Gasteiger partial charge in [0.1, 0.15) is 0 Å². The summed E-state index contributed by atoms with van der Waals surface area (Å²) in [6.45, 7) is 5.26. The molecule has 0 bridgehead atoms. The smallest absolute Gasteiger partial charge is 0.253 e. The van der Waals surface area contributed by atoms with Crippen LogP contribution in [0, 0.1) is 5.41 Å². The third-order valence-electron chi connectivity index (χ3n) is 6.36. The zero-order valence-corrected chi connectivity index (χ0v) is 15.5. The van der Waals surface area contributed by atoms with Crippen molar-refractivity contribution in [3.8, 4) is 0 Å². The van der Waals surface area contributed by atoms with Gasteiger partial charge in [-0.2, -0.15) is 0 Å². The van der Waals surface area contributed by atoms with Crippen molar-refractivity contribution in [3.63, 3.8) is 0 Å². The molecule has 0 unspecified atom stereocenters. The Hall–Kier alpha value is -1.43. The monoisotopic (exact) mass is 358 g/mol. The zero-order chi connectivity index (χ0) is 18.0. The number of aliphatic hydroxyl groups excluding tert-OH is 1. The van der Waals surface area contributed by atoms with Gasteiger partial charge in [-0.15, -0.1) is 0 Å². The van der Waals surface area contributed by atoms with E-state index in [2.05, 4.69) is 4.90 Å². The van der Waals surface area contributed by atoms with Crippen molar-refractivity contribution >= 4 is 5.91 Å². The summed E-state index contributed by atoms with van der Waals surface area (Å²) in [5.41, 5.74) is 1.03. The maximum absolute atomic E-state index is 12.6. The molecule has 1 amide bonds. The second-order valence-electron chi connectivity index (χ2n) is 8.35. The number of piperidine rings is 2. The van der Waals surface area contributed by atoms with Gasteiger partial charge in [-0.1, -0.05) is 18.2 Å². The molecule has 4 rings (SSSR count). The van der Waals surface area contributed by atoms with Crippen LogP contribution in [-0.4, -0.2) is 72.4 Å². The Morgan fingerprint density at radius 2 is 1.96 bits per heavy atom. The molecule has 1 aromatic carbocycles. The minimum absolute atomic E-state index is 0.151. The molecule has 3 aliphatic rings. The predicted octanol–water partition coefficient (Wildman–Crippen LogP) is 2.15. The lowest BCUT2D eigenvalue weighted by atomic mass is 9.76. The fraction of sp³-hybridized carbons (Fsp3) is 0.667. The summed E-state index contributed by atoms with van der Waals surface area (Å²) in [7, 11) is 0. The van der Waals surface area contributed by atoms with E-state index in [-0.39, 0.29) is 23.5 Å². The Kier molecular flexibility index (Phi) is 5.30. The normalized spacial score (nSPS) is 29.2. The van der Waals surface area contributed by atoms with E-state index in [4.69, 9.17) is 4.74 Å². The third kappa shape index (κ3) is 3.95. The highest BCUT2D eigenvalue weighted by molar-refractivity contribution is 5.94.